The summed E-state index contributed by atoms with van der Waals surface area (Å²) in [6.45, 7) is 0.0969. The van der Waals surface area contributed by atoms with E-state index in [2.05, 4.69) is 10.3 Å². The van der Waals surface area contributed by atoms with E-state index >= 15 is 0 Å². The lowest BCUT2D eigenvalue weighted by Crippen LogP contribution is -2.47. The molecule has 0 saturated heterocycles. The quantitative estimate of drug-likeness (QED) is 0.458. The monoisotopic (exact) mass is 356 g/mol. The average Bonchev–Trinajstić information content (AvgIpc) is 3.05. The summed E-state index contributed by atoms with van der Waals surface area (Å²) < 4.78 is 13.3. The molecule has 1 amide bonds. The maximum Gasteiger partial charge on any atom is 0.268 e. The minimum Gasteiger partial charge on any atom is -0.390 e. The molecule has 0 aliphatic heterocycles. The molecular weight excluding hydrogens is 335 g/mol. The number of halogens is 1. The first-order chi connectivity index (χ1) is 12.5. The van der Waals surface area contributed by atoms with Crippen LogP contribution < -0.4 is 16.8 Å². The number of nitrogens with one attached hydrogen (secondary N) is 2. The van der Waals surface area contributed by atoms with Gasteiger partial charge in [-0.3, -0.25) is 4.79 Å². The Morgan fingerprint density at radius 1 is 1.19 bits per heavy atom. The molecule has 3 aromatic rings. The highest BCUT2D eigenvalue weighted by molar-refractivity contribution is 6.09. The van der Waals surface area contributed by atoms with E-state index in [1.54, 1.807) is 12.1 Å². The molecule has 6 nitrogen and oxygen atoms in total. The number of hydrogen-bond donors (Lipinski definition) is 5. The number of aliphatic hydroxyl groups excluding tert-OH is 1. The minimum absolute atomic E-state index is 0.0181. The number of aromatic amines is 1. The fourth-order valence-electron chi connectivity index (χ4n) is 2.84. The molecule has 1 aromatic heterocycles. The van der Waals surface area contributed by atoms with E-state index in [0.29, 0.717) is 11.3 Å². The number of hydrogen-bond acceptors (Lipinski definition) is 4. The Hall–Kier alpha value is -2.74. The number of carbonyl (C=O) groups excluding carboxylic acids is 1. The highest BCUT2D eigenvalue weighted by Gasteiger charge is 2.20. The number of H-pyrrole nitrogens is 1. The van der Waals surface area contributed by atoms with Crippen LogP contribution in [0, 0.1) is 5.82 Å². The molecule has 7 heteroatoms. The topological polar surface area (TPSA) is 117 Å². The molecule has 2 aromatic carbocycles. The summed E-state index contributed by atoms with van der Waals surface area (Å²) in [5.74, 6) is -0.707. The van der Waals surface area contributed by atoms with E-state index in [4.69, 9.17) is 11.5 Å². The molecule has 2 atom stereocenters. The minimum atomic E-state index is -0.894. The van der Waals surface area contributed by atoms with Crippen molar-refractivity contribution in [2.45, 2.75) is 12.1 Å². The van der Waals surface area contributed by atoms with E-state index in [-0.39, 0.29) is 24.8 Å². The third-order valence-electron chi connectivity index (χ3n) is 4.30. The normalized spacial score (nSPS) is 13.5. The second-order valence-corrected chi connectivity index (χ2v) is 6.10. The van der Waals surface area contributed by atoms with E-state index in [1.165, 1.54) is 12.1 Å². The van der Waals surface area contributed by atoms with Gasteiger partial charge >= 0.3 is 0 Å². The number of aromatic nitrogens is 1. The van der Waals surface area contributed by atoms with Gasteiger partial charge in [-0.15, -0.1) is 0 Å². The first-order valence-corrected chi connectivity index (χ1v) is 8.29. The molecule has 0 saturated carbocycles. The Balaban J connectivity index is 1.96. The molecule has 26 heavy (non-hydrogen) atoms. The van der Waals surface area contributed by atoms with Crippen molar-refractivity contribution in [3.8, 4) is 11.1 Å². The predicted octanol–water partition coefficient (Wildman–Crippen LogP) is 1.35. The van der Waals surface area contributed by atoms with Crippen molar-refractivity contribution in [1.82, 2.24) is 10.3 Å². The maximum absolute atomic E-state index is 13.3. The van der Waals surface area contributed by atoms with Crippen molar-refractivity contribution in [1.29, 1.82) is 0 Å². The third kappa shape index (κ3) is 3.60. The molecule has 0 bridgehead atoms. The second-order valence-electron chi connectivity index (χ2n) is 6.10. The zero-order valence-electron chi connectivity index (χ0n) is 14.1. The van der Waals surface area contributed by atoms with Crippen LogP contribution in [0.1, 0.15) is 10.5 Å². The summed E-state index contributed by atoms with van der Waals surface area (Å²) in [4.78, 5) is 15.8. The molecule has 0 spiro atoms. The summed E-state index contributed by atoms with van der Waals surface area (Å²) in [5, 5.41) is 13.2. The standard InChI is InChI=1S/C19H21FN4O2/c20-12-7-5-11(6-8-12)17-13-3-1-2-4-15(13)24-18(17)19(26)23-10-14(22)16(25)9-21/h1-8,14,16,24-25H,9-10,21-22H2,(H,23,26)/t14-,16?/m1/s1. The molecule has 0 radical (unpaired) electrons. The lowest BCUT2D eigenvalue weighted by Gasteiger charge is -2.17. The molecule has 0 fully saturated rings. The molecular formula is C19H21FN4O2. The smallest absolute Gasteiger partial charge is 0.268 e. The zero-order chi connectivity index (χ0) is 18.7. The molecule has 1 unspecified atom stereocenters. The SMILES string of the molecule is NCC(O)[C@H](N)CNC(=O)c1[nH]c2ccccc2c1-c1ccc(F)cc1. The second kappa shape index (κ2) is 7.65. The van der Waals surface area contributed by atoms with Gasteiger partial charge in [-0.2, -0.15) is 0 Å². The molecule has 0 aliphatic carbocycles. The largest absolute Gasteiger partial charge is 0.390 e. The van der Waals surface area contributed by atoms with E-state index in [1.807, 2.05) is 24.3 Å². The Kier molecular flexibility index (Phi) is 5.32. The van der Waals surface area contributed by atoms with Crippen LogP contribution in [-0.2, 0) is 0 Å². The average molecular weight is 356 g/mol. The van der Waals surface area contributed by atoms with Gasteiger partial charge < -0.3 is 26.9 Å². The van der Waals surface area contributed by atoms with Crippen LogP contribution in [-0.4, -0.2) is 41.2 Å². The van der Waals surface area contributed by atoms with Gasteiger partial charge in [0.25, 0.3) is 5.91 Å². The van der Waals surface area contributed by atoms with Gasteiger partial charge in [0.15, 0.2) is 0 Å². The van der Waals surface area contributed by atoms with Crippen molar-refractivity contribution in [2.24, 2.45) is 11.5 Å². The van der Waals surface area contributed by atoms with Gasteiger partial charge in [0.2, 0.25) is 0 Å². The molecule has 3 rings (SSSR count). The fraction of sp³-hybridized carbons (Fsp3) is 0.211. The fourth-order valence-corrected chi connectivity index (χ4v) is 2.84. The first-order valence-electron chi connectivity index (χ1n) is 8.29. The van der Waals surface area contributed by atoms with Gasteiger partial charge in [-0.25, -0.2) is 4.39 Å². The van der Waals surface area contributed by atoms with Crippen molar-refractivity contribution >= 4 is 16.8 Å². The van der Waals surface area contributed by atoms with Crippen molar-refractivity contribution in [2.75, 3.05) is 13.1 Å². The maximum atomic E-state index is 13.3. The molecule has 0 aliphatic rings. The number of rotatable bonds is 6. The van der Waals surface area contributed by atoms with E-state index < -0.39 is 12.1 Å². The number of nitrogens with two attached hydrogens (primary N) is 2. The van der Waals surface area contributed by atoms with Gasteiger partial charge in [-0.1, -0.05) is 30.3 Å². The van der Waals surface area contributed by atoms with Crippen LogP contribution >= 0.6 is 0 Å². The highest BCUT2D eigenvalue weighted by atomic mass is 19.1. The Morgan fingerprint density at radius 3 is 2.58 bits per heavy atom. The van der Waals surface area contributed by atoms with E-state index in [0.717, 1.165) is 16.5 Å². The summed E-state index contributed by atoms with van der Waals surface area (Å²) in [7, 11) is 0. The number of amides is 1. The Bertz CT molecular complexity index is 908. The number of aliphatic hydroxyl groups is 1. The van der Waals surface area contributed by atoms with E-state index in [9.17, 15) is 14.3 Å². The summed E-state index contributed by atoms with van der Waals surface area (Å²) in [5.41, 5.74) is 13.7. The number of para-hydroxylation sites is 1. The Labute approximate surface area is 150 Å². The van der Waals surface area contributed by atoms with Crippen LogP contribution in [0.3, 0.4) is 0 Å². The van der Waals surface area contributed by atoms with Gasteiger partial charge in [0.1, 0.15) is 11.5 Å². The molecule has 1 heterocycles. The van der Waals surface area contributed by atoms with Crippen molar-refractivity contribution < 1.29 is 14.3 Å². The zero-order valence-corrected chi connectivity index (χ0v) is 14.1. The summed E-state index contributed by atoms with van der Waals surface area (Å²) in [6, 6.07) is 12.8. The van der Waals surface area contributed by atoms with Gasteiger partial charge in [0.05, 0.1) is 6.10 Å². The van der Waals surface area contributed by atoms with Crippen LogP contribution in [0.4, 0.5) is 4.39 Å². The molecule has 7 N–H and O–H groups in total. The van der Waals surface area contributed by atoms with Crippen LogP contribution in [0.2, 0.25) is 0 Å². The number of benzene rings is 2. The van der Waals surface area contributed by atoms with Gasteiger partial charge in [0, 0.05) is 35.6 Å². The Morgan fingerprint density at radius 2 is 1.88 bits per heavy atom. The lowest BCUT2D eigenvalue weighted by molar-refractivity contribution is 0.0931. The lowest BCUT2D eigenvalue weighted by atomic mass is 10.0. The van der Waals surface area contributed by atoms with Crippen LogP contribution in [0.5, 0.6) is 0 Å². The van der Waals surface area contributed by atoms with Crippen LogP contribution in [0.15, 0.2) is 48.5 Å². The summed E-state index contributed by atoms with van der Waals surface area (Å²) in [6.07, 6.45) is -0.894. The summed E-state index contributed by atoms with van der Waals surface area (Å²) >= 11 is 0. The third-order valence-corrected chi connectivity index (χ3v) is 4.30. The highest BCUT2D eigenvalue weighted by Crippen LogP contribution is 2.32. The number of carbonyl (C=O) groups is 1. The molecule has 136 valence electrons. The van der Waals surface area contributed by atoms with Crippen molar-refractivity contribution in [3.05, 3.63) is 60.0 Å². The predicted molar refractivity (Wildman–Crippen MR) is 99.1 cm³/mol. The first kappa shape index (κ1) is 18.1. The number of fused-ring (bicyclic) bond motifs is 1. The van der Waals surface area contributed by atoms with Gasteiger partial charge in [-0.05, 0) is 23.8 Å². The van der Waals surface area contributed by atoms with Crippen molar-refractivity contribution in [3.63, 3.8) is 0 Å². The van der Waals surface area contributed by atoms with Crippen LogP contribution in [0.25, 0.3) is 22.0 Å².